The zero-order valence-corrected chi connectivity index (χ0v) is 11.8. The van der Waals surface area contributed by atoms with Gasteiger partial charge in [-0.25, -0.2) is 0 Å². The molecule has 0 bridgehead atoms. The second-order valence-corrected chi connectivity index (χ2v) is 6.56. The van der Waals surface area contributed by atoms with Gasteiger partial charge in [-0.2, -0.15) is 0 Å². The van der Waals surface area contributed by atoms with Crippen molar-refractivity contribution in [1.29, 1.82) is 0 Å². The number of carboxylic acid groups (broad SMARTS) is 1. The van der Waals surface area contributed by atoms with Crippen LogP contribution in [0, 0.1) is 23.2 Å². The summed E-state index contributed by atoms with van der Waals surface area (Å²) in [6, 6.07) is 0. The van der Waals surface area contributed by atoms with Crippen LogP contribution in [0.25, 0.3) is 0 Å². The molecular weight excluding hydrogens is 230 g/mol. The molecule has 1 fully saturated rings. The lowest BCUT2D eigenvalue weighted by Crippen LogP contribution is -2.36. The van der Waals surface area contributed by atoms with Crippen molar-refractivity contribution in [1.82, 2.24) is 5.32 Å². The fourth-order valence-electron chi connectivity index (χ4n) is 2.15. The molecule has 1 aliphatic rings. The highest BCUT2D eigenvalue weighted by atomic mass is 16.4. The lowest BCUT2D eigenvalue weighted by molar-refractivity contribution is -0.141. The average molecular weight is 255 g/mol. The standard InChI is InChI=1S/C14H25NO3/c1-9(14(2,3)4)8-15-12(16)10-5-6-11(7-10)13(17)18/h9-11H,5-8H2,1-4H3,(H,15,16)(H,17,18)/t9?,10-,11+/m1/s1. The molecule has 0 aromatic heterocycles. The van der Waals surface area contributed by atoms with Crippen LogP contribution >= 0.6 is 0 Å². The summed E-state index contributed by atoms with van der Waals surface area (Å²) in [6.45, 7) is 9.24. The summed E-state index contributed by atoms with van der Waals surface area (Å²) in [7, 11) is 0. The minimum absolute atomic E-state index is 0.0230. The maximum absolute atomic E-state index is 11.9. The van der Waals surface area contributed by atoms with Crippen molar-refractivity contribution < 1.29 is 14.7 Å². The molecule has 0 radical (unpaired) electrons. The third-order valence-electron chi connectivity index (χ3n) is 4.21. The van der Waals surface area contributed by atoms with Crippen LogP contribution in [0.1, 0.15) is 47.0 Å². The fraction of sp³-hybridized carbons (Fsp3) is 0.857. The van der Waals surface area contributed by atoms with Crippen LogP contribution in [-0.2, 0) is 9.59 Å². The van der Waals surface area contributed by atoms with Gasteiger partial charge in [0.25, 0.3) is 0 Å². The van der Waals surface area contributed by atoms with E-state index in [1.54, 1.807) is 0 Å². The summed E-state index contributed by atoms with van der Waals surface area (Å²) in [6.07, 6.45) is 1.82. The summed E-state index contributed by atoms with van der Waals surface area (Å²) < 4.78 is 0. The third kappa shape index (κ3) is 4.00. The zero-order chi connectivity index (χ0) is 13.9. The minimum atomic E-state index is -0.770. The summed E-state index contributed by atoms with van der Waals surface area (Å²) >= 11 is 0. The van der Waals surface area contributed by atoms with Crippen molar-refractivity contribution in [2.45, 2.75) is 47.0 Å². The van der Waals surface area contributed by atoms with Crippen molar-refractivity contribution in [2.24, 2.45) is 23.2 Å². The summed E-state index contributed by atoms with van der Waals surface area (Å²) in [5, 5.41) is 11.9. The Kier molecular flexibility index (Phi) is 4.77. The number of hydrogen-bond donors (Lipinski definition) is 2. The normalized spacial score (nSPS) is 25.8. The van der Waals surface area contributed by atoms with Crippen molar-refractivity contribution in [3.63, 3.8) is 0 Å². The summed E-state index contributed by atoms with van der Waals surface area (Å²) in [5.74, 6) is -0.791. The monoisotopic (exact) mass is 255 g/mol. The van der Waals surface area contributed by atoms with E-state index in [4.69, 9.17) is 5.11 Å². The molecule has 2 N–H and O–H groups in total. The molecule has 1 aliphatic carbocycles. The number of hydrogen-bond acceptors (Lipinski definition) is 2. The highest BCUT2D eigenvalue weighted by Crippen LogP contribution is 2.31. The first kappa shape index (κ1) is 15.0. The predicted octanol–water partition coefficient (Wildman–Crippen LogP) is 2.29. The van der Waals surface area contributed by atoms with Crippen LogP contribution < -0.4 is 5.32 Å². The fourth-order valence-corrected chi connectivity index (χ4v) is 2.15. The highest BCUT2D eigenvalue weighted by Gasteiger charge is 2.34. The first-order chi connectivity index (χ1) is 8.21. The molecule has 104 valence electrons. The Labute approximate surface area is 109 Å². The molecule has 0 spiro atoms. The van der Waals surface area contributed by atoms with Gasteiger partial charge in [-0.05, 0) is 30.6 Å². The number of carbonyl (C=O) groups is 2. The summed E-state index contributed by atoms with van der Waals surface area (Å²) in [5.41, 5.74) is 0.173. The molecule has 0 aromatic rings. The Morgan fingerprint density at radius 2 is 1.83 bits per heavy atom. The molecule has 4 heteroatoms. The van der Waals surface area contributed by atoms with Gasteiger partial charge in [-0.3, -0.25) is 9.59 Å². The van der Waals surface area contributed by atoms with Gasteiger partial charge in [0.1, 0.15) is 0 Å². The molecule has 1 unspecified atom stereocenters. The Morgan fingerprint density at radius 3 is 2.28 bits per heavy atom. The molecule has 4 nitrogen and oxygen atoms in total. The number of carboxylic acids is 1. The van der Waals surface area contributed by atoms with E-state index in [1.807, 2.05) is 0 Å². The molecule has 1 rings (SSSR count). The molecule has 18 heavy (non-hydrogen) atoms. The van der Waals surface area contributed by atoms with Crippen LogP contribution in [-0.4, -0.2) is 23.5 Å². The van der Waals surface area contributed by atoms with E-state index in [0.717, 1.165) is 0 Å². The van der Waals surface area contributed by atoms with Gasteiger partial charge in [-0.1, -0.05) is 27.7 Å². The molecule has 1 amide bonds. The van der Waals surface area contributed by atoms with E-state index >= 15 is 0 Å². The van der Waals surface area contributed by atoms with Crippen molar-refractivity contribution in [2.75, 3.05) is 6.54 Å². The molecule has 0 saturated heterocycles. The number of carbonyl (C=O) groups excluding carboxylic acids is 1. The van der Waals surface area contributed by atoms with Gasteiger partial charge in [0.15, 0.2) is 0 Å². The predicted molar refractivity (Wildman–Crippen MR) is 70.1 cm³/mol. The molecule has 0 aromatic carbocycles. The van der Waals surface area contributed by atoms with Gasteiger partial charge in [0.05, 0.1) is 5.92 Å². The van der Waals surface area contributed by atoms with E-state index in [0.29, 0.717) is 31.7 Å². The molecule has 1 saturated carbocycles. The molecular formula is C14H25NO3. The Hall–Kier alpha value is -1.06. The summed E-state index contributed by atoms with van der Waals surface area (Å²) in [4.78, 5) is 22.8. The number of aliphatic carboxylic acids is 1. The van der Waals surface area contributed by atoms with Gasteiger partial charge >= 0.3 is 5.97 Å². The number of rotatable bonds is 4. The lowest BCUT2D eigenvalue weighted by Gasteiger charge is -2.27. The molecule has 0 heterocycles. The van der Waals surface area contributed by atoms with Gasteiger partial charge in [-0.15, -0.1) is 0 Å². The zero-order valence-electron chi connectivity index (χ0n) is 11.8. The van der Waals surface area contributed by atoms with Crippen molar-refractivity contribution >= 4 is 11.9 Å². The van der Waals surface area contributed by atoms with Crippen LogP contribution in [0.4, 0.5) is 0 Å². The van der Waals surface area contributed by atoms with Crippen molar-refractivity contribution in [3.8, 4) is 0 Å². The SMILES string of the molecule is CC(CNC(=O)[C@@H]1CC[C@H](C(=O)O)C1)C(C)(C)C. The van der Waals surface area contributed by atoms with Gasteiger partial charge in [0.2, 0.25) is 5.91 Å². The van der Waals surface area contributed by atoms with E-state index in [2.05, 4.69) is 33.0 Å². The van der Waals surface area contributed by atoms with E-state index in [9.17, 15) is 9.59 Å². The smallest absolute Gasteiger partial charge is 0.306 e. The molecule has 0 aliphatic heterocycles. The van der Waals surface area contributed by atoms with E-state index in [-0.39, 0.29) is 23.2 Å². The minimum Gasteiger partial charge on any atom is -0.481 e. The first-order valence-electron chi connectivity index (χ1n) is 6.72. The maximum atomic E-state index is 11.9. The third-order valence-corrected chi connectivity index (χ3v) is 4.21. The van der Waals surface area contributed by atoms with Gasteiger partial charge < -0.3 is 10.4 Å². The number of nitrogens with one attached hydrogen (secondary N) is 1. The Bertz CT molecular complexity index is 319. The molecule has 3 atom stereocenters. The second-order valence-electron chi connectivity index (χ2n) is 6.56. The van der Waals surface area contributed by atoms with E-state index < -0.39 is 5.97 Å². The van der Waals surface area contributed by atoms with Crippen molar-refractivity contribution in [3.05, 3.63) is 0 Å². The van der Waals surface area contributed by atoms with E-state index in [1.165, 1.54) is 0 Å². The van der Waals surface area contributed by atoms with Gasteiger partial charge in [0, 0.05) is 12.5 Å². The largest absolute Gasteiger partial charge is 0.481 e. The lowest BCUT2D eigenvalue weighted by atomic mass is 9.82. The Balaban J connectivity index is 2.37. The van der Waals surface area contributed by atoms with Crippen LogP contribution in [0.5, 0.6) is 0 Å². The van der Waals surface area contributed by atoms with Crippen LogP contribution in [0.15, 0.2) is 0 Å². The van der Waals surface area contributed by atoms with Crippen LogP contribution in [0.3, 0.4) is 0 Å². The quantitative estimate of drug-likeness (QED) is 0.810. The highest BCUT2D eigenvalue weighted by molar-refractivity contribution is 5.80. The van der Waals surface area contributed by atoms with Crippen LogP contribution in [0.2, 0.25) is 0 Å². The Morgan fingerprint density at radius 1 is 1.28 bits per heavy atom. The average Bonchev–Trinajstić information content (AvgIpc) is 2.73. The second kappa shape index (κ2) is 5.72. The number of amides is 1. The topological polar surface area (TPSA) is 66.4 Å². The first-order valence-corrected chi connectivity index (χ1v) is 6.72. The maximum Gasteiger partial charge on any atom is 0.306 e.